The molecule has 1 aromatic rings. The zero-order valence-corrected chi connectivity index (χ0v) is 12.8. The quantitative estimate of drug-likeness (QED) is 0.633. The maximum absolute atomic E-state index is 12.0. The lowest BCUT2D eigenvalue weighted by molar-refractivity contribution is -0.125. The molecule has 0 aliphatic heterocycles. The molecule has 22 heavy (non-hydrogen) atoms. The van der Waals surface area contributed by atoms with Crippen molar-refractivity contribution in [1.82, 2.24) is 16.0 Å². The van der Waals surface area contributed by atoms with Crippen LogP contribution in [-0.2, 0) is 9.59 Å². The van der Waals surface area contributed by atoms with Crippen LogP contribution in [0, 0.1) is 0 Å². The van der Waals surface area contributed by atoms with Crippen LogP contribution in [0.4, 0.5) is 0 Å². The fourth-order valence-electron chi connectivity index (χ4n) is 1.69. The summed E-state index contributed by atoms with van der Waals surface area (Å²) in [5.74, 6) is -0.653. The highest BCUT2D eigenvalue weighted by molar-refractivity contribution is 5.99. The number of carbonyl (C=O) groups excluding carboxylic acids is 3. The van der Waals surface area contributed by atoms with Gasteiger partial charge in [-0.05, 0) is 26.0 Å². The van der Waals surface area contributed by atoms with Crippen molar-refractivity contribution in [1.29, 1.82) is 0 Å². The lowest BCUT2D eigenvalue weighted by Gasteiger charge is -2.10. The zero-order chi connectivity index (χ0) is 16.4. The molecular formula is C15H21N3O4. The van der Waals surface area contributed by atoms with E-state index in [-0.39, 0.29) is 19.0 Å². The highest BCUT2D eigenvalue weighted by Crippen LogP contribution is 2.17. The zero-order valence-electron chi connectivity index (χ0n) is 12.8. The van der Waals surface area contributed by atoms with Crippen molar-refractivity contribution in [3.63, 3.8) is 0 Å². The molecule has 0 unspecified atom stereocenters. The Kier molecular flexibility index (Phi) is 7.45. The van der Waals surface area contributed by atoms with E-state index in [4.69, 9.17) is 4.74 Å². The van der Waals surface area contributed by atoms with Gasteiger partial charge in [0.05, 0.1) is 25.3 Å². The molecule has 0 fully saturated rings. The standard InChI is InChI=1S/C15H21N3O4/c1-3-16-13(19)9-17-14(20)10-18-15(21)11-7-5-6-8-12(11)22-4-2/h5-8H,3-4,9-10H2,1-2H3,(H,16,19)(H,17,20)(H,18,21). The molecule has 0 saturated carbocycles. The summed E-state index contributed by atoms with van der Waals surface area (Å²) < 4.78 is 5.36. The van der Waals surface area contributed by atoms with Crippen LogP contribution in [-0.4, -0.2) is 44.0 Å². The van der Waals surface area contributed by atoms with Gasteiger partial charge in [-0.1, -0.05) is 12.1 Å². The molecule has 1 rings (SSSR count). The normalized spacial score (nSPS) is 9.73. The van der Waals surface area contributed by atoms with Crippen molar-refractivity contribution in [3.8, 4) is 5.75 Å². The highest BCUT2D eigenvalue weighted by Gasteiger charge is 2.13. The SMILES string of the molecule is CCNC(=O)CNC(=O)CNC(=O)c1ccccc1OCC. The van der Waals surface area contributed by atoms with Crippen LogP contribution in [0.3, 0.4) is 0 Å². The number of benzene rings is 1. The van der Waals surface area contributed by atoms with Gasteiger partial charge in [0.2, 0.25) is 11.8 Å². The lowest BCUT2D eigenvalue weighted by Crippen LogP contribution is -2.42. The Morgan fingerprint density at radius 2 is 1.59 bits per heavy atom. The van der Waals surface area contributed by atoms with E-state index in [0.29, 0.717) is 24.5 Å². The molecule has 0 heterocycles. The molecule has 3 N–H and O–H groups in total. The number of rotatable bonds is 8. The number of nitrogens with one attached hydrogen (secondary N) is 3. The predicted molar refractivity (Wildman–Crippen MR) is 81.6 cm³/mol. The Labute approximate surface area is 129 Å². The summed E-state index contributed by atoms with van der Waals surface area (Å²) in [7, 11) is 0. The summed E-state index contributed by atoms with van der Waals surface area (Å²) in [6, 6.07) is 6.79. The number of hydrogen-bond donors (Lipinski definition) is 3. The monoisotopic (exact) mass is 307 g/mol. The second-order valence-electron chi connectivity index (χ2n) is 4.34. The number of amides is 3. The third-order valence-electron chi connectivity index (χ3n) is 2.66. The van der Waals surface area contributed by atoms with Gasteiger partial charge in [-0.25, -0.2) is 0 Å². The van der Waals surface area contributed by atoms with Crippen molar-refractivity contribution in [3.05, 3.63) is 29.8 Å². The molecule has 7 nitrogen and oxygen atoms in total. The first-order chi connectivity index (χ1) is 10.6. The molecule has 0 saturated heterocycles. The minimum absolute atomic E-state index is 0.113. The average molecular weight is 307 g/mol. The Hall–Kier alpha value is -2.57. The van der Waals surface area contributed by atoms with Crippen LogP contribution in [0.1, 0.15) is 24.2 Å². The molecule has 0 bridgehead atoms. The number of para-hydroxylation sites is 1. The van der Waals surface area contributed by atoms with Crippen LogP contribution in [0.2, 0.25) is 0 Å². The smallest absolute Gasteiger partial charge is 0.255 e. The fourth-order valence-corrected chi connectivity index (χ4v) is 1.69. The first-order valence-electron chi connectivity index (χ1n) is 7.11. The van der Waals surface area contributed by atoms with Crippen molar-refractivity contribution in [2.45, 2.75) is 13.8 Å². The molecule has 0 aromatic heterocycles. The van der Waals surface area contributed by atoms with Gasteiger partial charge in [0.1, 0.15) is 5.75 Å². The summed E-state index contributed by atoms with van der Waals surface area (Å²) in [4.78, 5) is 34.8. The van der Waals surface area contributed by atoms with Gasteiger partial charge in [0.15, 0.2) is 0 Å². The second kappa shape index (κ2) is 9.38. The van der Waals surface area contributed by atoms with Crippen molar-refractivity contribution in [2.24, 2.45) is 0 Å². The Bertz CT molecular complexity index is 531. The van der Waals surface area contributed by atoms with Crippen LogP contribution < -0.4 is 20.7 Å². The summed E-state index contributed by atoms with van der Waals surface area (Å²) in [6.07, 6.45) is 0. The molecule has 0 radical (unpaired) electrons. The van der Waals surface area contributed by atoms with Gasteiger partial charge in [-0.15, -0.1) is 0 Å². The van der Waals surface area contributed by atoms with E-state index in [1.807, 2.05) is 6.92 Å². The van der Waals surface area contributed by atoms with E-state index in [0.717, 1.165) is 0 Å². The van der Waals surface area contributed by atoms with Crippen molar-refractivity contribution in [2.75, 3.05) is 26.2 Å². The molecular weight excluding hydrogens is 286 g/mol. The number of hydrogen-bond acceptors (Lipinski definition) is 4. The lowest BCUT2D eigenvalue weighted by atomic mass is 10.2. The predicted octanol–water partition coefficient (Wildman–Crippen LogP) is 0.0674. The maximum Gasteiger partial charge on any atom is 0.255 e. The number of carbonyl (C=O) groups is 3. The topological polar surface area (TPSA) is 96.5 Å². The largest absolute Gasteiger partial charge is 0.493 e. The van der Waals surface area contributed by atoms with E-state index in [9.17, 15) is 14.4 Å². The van der Waals surface area contributed by atoms with E-state index in [2.05, 4.69) is 16.0 Å². The van der Waals surface area contributed by atoms with E-state index < -0.39 is 11.8 Å². The Balaban J connectivity index is 2.46. The maximum atomic E-state index is 12.0. The molecule has 0 spiro atoms. The van der Waals surface area contributed by atoms with Crippen molar-refractivity contribution >= 4 is 17.7 Å². The summed E-state index contributed by atoms with van der Waals surface area (Å²) in [5, 5.41) is 7.46. The van der Waals surface area contributed by atoms with Gasteiger partial charge in [-0.3, -0.25) is 14.4 Å². The van der Waals surface area contributed by atoms with Gasteiger partial charge in [0.25, 0.3) is 5.91 Å². The first-order valence-corrected chi connectivity index (χ1v) is 7.11. The van der Waals surface area contributed by atoms with Gasteiger partial charge < -0.3 is 20.7 Å². The molecule has 0 atom stereocenters. The molecule has 120 valence electrons. The van der Waals surface area contributed by atoms with Crippen LogP contribution in [0.5, 0.6) is 5.75 Å². The highest BCUT2D eigenvalue weighted by atomic mass is 16.5. The minimum Gasteiger partial charge on any atom is -0.493 e. The second-order valence-corrected chi connectivity index (χ2v) is 4.34. The minimum atomic E-state index is -0.437. The third kappa shape index (κ3) is 5.82. The molecule has 3 amide bonds. The fraction of sp³-hybridized carbons (Fsp3) is 0.400. The number of likely N-dealkylation sites (N-methyl/N-ethyl adjacent to an activating group) is 1. The molecule has 7 heteroatoms. The van der Waals surface area contributed by atoms with Crippen LogP contribution >= 0.6 is 0 Å². The summed E-state index contributed by atoms with van der Waals surface area (Å²) >= 11 is 0. The number of ether oxygens (including phenoxy) is 1. The molecule has 0 aliphatic rings. The molecule has 0 aliphatic carbocycles. The van der Waals surface area contributed by atoms with Crippen molar-refractivity contribution < 1.29 is 19.1 Å². The van der Waals surface area contributed by atoms with Gasteiger partial charge in [-0.2, -0.15) is 0 Å². The van der Waals surface area contributed by atoms with Crippen LogP contribution in [0.15, 0.2) is 24.3 Å². The molecule has 1 aromatic carbocycles. The van der Waals surface area contributed by atoms with E-state index >= 15 is 0 Å². The third-order valence-corrected chi connectivity index (χ3v) is 2.66. The van der Waals surface area contributed by atoms with Gasteiger partial charge in [0, 0.05) is 6.54 Å². The average Bonchev–Trinajstić information content (AvgIpc) is 2.52. The Morgan fingerprint density at radius 1 is 0.955 bits per heavy atom. The van der Waals surface area contributed by atoms with Crippen LogP contribution in [0.25, 0.3) is 0 Å². The summed E-state index contributed by atoms with van der Waals surface area (Å²) in [5.41, 5.74) is 0.362. The van der Waals surface area contributed by atoms with E-state index in [1.165, 1.54) is 0 Å². The first kappa shape index (κ1) is 17.5. The Morgan fingerprint density at radius 3 is 2.27 bits per heavy atom. The van der Waals surface area contributed by atoms with E-state index in [1.54, 1.807) is 31.2 Å². The summed E-state index contributed by atoms with van der Waals surface area (Å²) in [6.45, 7) is 4.23. The van der Waals surface area contributed by atoms with Gasteiger partial charge >= 0.3 is 0 Å².